The monoisotopic (exact) mass is 863 g/mol. The van der Waals surface area contributed by atoms with Crippen LogP contribution < -0.4 is 0 Å². The Balaban J connectivity index is 0.00000361. The molecule has 3 aromatic heterocycles. The summed E-state index contributed by atoms with van der Waals surface area (Å²) in [5.74, 6) is 0.622. The molecule has 0 fully saturated rings. The van der Waals surface area contributed by atoms with Gasteiger partial charge in [-0.1, -0.05) is 84.9 Å². The fraction of sp³-hybridized carbons (Fsp3) is 0. The van der Waals surface area contributed by atoms with Crippen molar-refractivity contribution in [2.45, 2.75) is 0 Å². The van der Waals surface area contributed by atoms with Crippen molar-refractivity contribution in [1.29, 1.82) is 0 Å². The first-order valence-corrected chi connectivity index (χ1v) is 16.2. The molecule has 9 rings (SSSR count). The minimum atomic E-state index is 0. The molecule has 0 saturated heterocycles. The molecule has 0 amide bonds. The van der Waals surface area contributed by atoms with Crippen LogP contribution in [0.2, 0.25) is 0 Å². The maximum absolute atomic E-state index is 6.67. The maximum Gasteiger partial charge on any atom is 2.00 e. The largest absolute Gasteiger partial charge is 2.00 e. The van der Waals surface area contributed by atoms with Crippen molar-refractivity contribution in [2.75, 3.05) is 0 Å². The quantitative estimate of drug-likeness (QED) is 0.156. The van der Waals surface area contributed by atoms with E-state index >= 15 is 0 Å². The molecule has 0 aliphatic rings. The number of hydrogen-bond acceptors (Lipinski definition) is 4. The predicted octanol–water partition coefficient (Wildman–Crippen LogP) is 11.4. The van der Waals surface area contributed by atoms with Crippen LogP contribution >= 0.6 is 0 Å². The third-order valence-corrected chi connectivity index (χ3v) is 8.82. The molecular weight excluding hydrogens is 837 g/mol. The van der Waals surface area contributed by atoms with Gasteiger partial charge < -0.3 is 4.42 Å². The van der Waals surface area contributed by atoms with Gasteiger partial charge in [-0.25, -0.2) is 21.1 Å². The van der Waals surface area contributed by atoms with E-state index in [2.05, 4.69) is 83.8 Å². The molecular formula is C45H27N3OU. The molecule has 0 unspecified atom stereocenters. The number of pyridine rings is 1. The van der Waals surface area contributed by atoms with Crippen LogP contribution in [-0.2, 0) is 0 Å². The minimum Gasteiger partial charge on any atom is -0.455 e. The molecule has 5 heteroatoms. The van der Waals surface area contributed by atoms with Gasteiger partial charge >= 0.3 is 31.1 Å². The van der Waals surface area contributed by atoms with E-state index in [4.69, 9.17) is 14.4 Å². The Morgan fingerprint density at radius 3 is 2.02 bits per heavy atom. The van der Waals surface area contributed by atoms with Crippen LogP contribution in [0.5, 0.6) is 0 Å². The Morgan fingerprint density at radius 1 is 0.480 bits per heavy atom. The second kappa shape index (κ2) is 13.7. The number of furan rings is 1. The summed E-state index contributed by atoms with van der Waals surface area (Å²) in [7, 11) is 0. The van der Waals surface area contributed by atoms with Crippen molar-refractivity contribution < 1.29 is 35.5 Å². The van der Waals surface area contributed by atoms with E-state index in [1.807, 2.05) is 97.2 Å². The van der Waals surface area contributed by atoms with Gasteiger partial charge in [-0.3, -0.25) is 4.98 Å². The van der Waals surface area contributed by atoms with Crippen LogP contribution in [-0.4, -0.2) is 15.0 Å². The molecule has 232 valence electrons. The third-order valence-electron chi connectivity index (χ3n) is 8.82. The molecule has 6 aromatic carbocycles. The number of aromatic nitrogens is 3. The molecule has 0 aliphatic heterocycles. The van der Waals surface area contributed by atoms with Crippen LogP contribution in [0.25, 0.3) is 89.4 Å². The fourth-order valence-electron chi connectivity index (χ4n) is 6.51. The van der Waals surface area contributed by atoms with Crippen molar-refractivity contribution in [3.8, 4) is 67.4 Å². The van der Waals surface area contributed by atoms with Gasteiger partial charge in [-0.2, -0.15) is 42.5 Å². The van der Waals surface area contributed by atoms with Crippen molar-refractivity contribution in [3.05, 3.63) is 176 Å². The van der Waals surface area contributed by atoms with Gasteiger partial charge in [0.15, 0.2) is 5.82 Å². The molecule has 0 N–H and O–H groups in total. The topological polar surface area (TPSA) is 51.8 Å². The van der Waals surface area contributed by atoms with Gasteiger partial charge in [0.2, 0.25) is 0 Å². The van der Waals surface area contributed by atoms with Crippen LogP contribution in [0.3, 0.4) is 0 Å². The van der Waals surface area contributed by atoms with Crippen molar-refractivity contribution in [1.82, 2.24) is 15.0 Å². The van der Waals surface area contributed by atoms with Gasteiger partial charge in [0.05, 0.1) is 17.1 Å². The van der Waals surface area contributed by atoms with E-state index in [-0.39, 0.29) is 31.1 Å². The first-order chi connectivity index (χ1) is 24.3. The van der Waals surface area contributed by atoms with E-state index in [9.17, 15) is 0 Å². The zero-order valence-corrected chi connectivity index (χ0v) is 31.0. The number of para-hydroxylation sites is 1. The van der Waals surface area contributed by atoms with Gasteiger partial charge in [-0.15, -0.1) is 17.7 Å². The number of benzene rings is 6. The van der Waals surface area contributed by atoms with Gasteiger partial charge in [-0.05, 0) is 30.3 Å². The fourth-order valence-corrected chi connectivity index (χ4v) is 6.51. The smallest absolute Gasteiger partial charge is 0.455 e. The van der Waals surface area contributed by atoms with Gasteiger partial charge in [0, 0.05) is 44.8 Å². The SMILES string of the molecule is [U+2].[c-]1ccccc1-c1[c-]ccc(-c2ccc(-c3nc(-c4ccccc4)cc(-c4ccccc4-c4ccccn4)n3)c3c2oc2ccccc23)c1. The van der Waals surface area contributed by atoms with Crippen molar-refractivity contribution >= 4 is 21.9 Å². The summed E-state index contributed by atoms with van der Waals surface area (Å²) < 4.78 is 6.67. The zero-order valence-electron chi connectivity index (χ0n) is 26.8. The molecule has 0 aliphatic carbocycles. The Bertz CT molecular complexity index is 2600. The van der Waals surface area contributed by atoms with E-state index in [0.717, 1.165) is 83.5 Å². The molecule has 0 radical (unpaired) electrons. The van der Waals surface area contributed by atoms with Crippen LogP contribution in [0.15, 0.2) is 168 Å². The van der Waals surface area contributed by atoms with Crippen molar-refractivity contribution in [2.24, 2.45) is 0 Å². The molecule has 0 spiro atoms. The van der Waals surface area contributed by atoms with Crippen molar-refractivity contribution in [3.63, 3.8) is 0 Å². The summed E-state index contributed by atoms with van der Waals surface area (Å²) >= 11 is 0. The Morgan fingerprint density at radius 2 is 1.20 bits per heavy atom. The van der Waals surface area contributed by atoms with E-state index in [1.165, 1.54) is 0 Å². The van der Waals surface area contributed by atoms with Crippen LogP contribution in [0, 0.1) is 43.2 Å². The first kappa shape index (κ1) is 31.7. The Hall–Kier alpha value is -5.60. The first-order valence-electron chi connectivity index (χ1n) is 16.2. The van der Waals surface area contributed by atoms with Gasteiger partial charge in [0.25, 0.3) is 0 Å². The Labute approximate surface area is 313 Å². The summed E-state index contributed by atoms with van der Waals surface area (Å²) in [5.41, 5.74) is 12.0. The Kier molecular flexibility index (Phi) is 8.69. The van der Waals surface area contributed by atoms with Crippen LogP contribution in [0.1, 0.15) is 0 Å². The normalized spacial score (nSPS) is 11.0. The molecule has 9 aromatic rings. The van der Waals surface area contributed by atoms with E-state index < -0.39 is 0 Å². The average Bonchev–Trinajstić information content (AvgIpc) is 3.58. The standard InChI is InChI=1S/C45H27N3O.U/c1-3-14-30(15-4-1)32-18-13-19-33(28-32)34-25-26-38(43-37-22-9-10-24-42(37)49-44(34)43)45-47-40(31-16-5-2-6-17-31)29-41(48-45)36-21-8-7-20-35(36)39-23-11-12-27-46-39;/h1-14,16-17,19-29H;/q-2;+2. The number of nitrogens with zero attached hydrogens (tertiary/aromatic N) is 3. The molecule has 0 atom stereocenters. The predicted molar refractivity (Wildman–Crippen MR) is 197 cm³/mol. The van der Waals surface area contributed by atoms with E-state index in [0.29, 0.717) is 5.82 Å². The van der Waals surface area contributed by atoms with Crippen LogP contribution in [0.4, 0.5) is 0 Å². The van der Waals surface area contributed by atoms with E-state index in [1.54, 1.807) is 0 Å². The molecule has 4 nitrogen and oxygen atoms in total. The second-order valence-electron chi connectivity index (χ2n) is 11.8. The van der Waals surface area contributed by atoms with Gasteiger partial charge in [0.1, 0.15) is 11.2 Å². The minimum absolute atomic E-state index is 0. The maximum atomic E-state index is 6.67. The molecule has 50 heavy (non-hydrogen) atoms. The summed E-state index contributed by atoms with van der Waals surface area (Å²) in [5, 5.41) is 1.99. The molecule has 0 saturated carbocycles. The second-order valence-corrected chi connectivity index (χ2v) is 11.8. The number of fused-ring (bicyclic) bond motifs is 3. The average molecular weight is 864 g/mol. The number of rotatable bonds is 6. The summed E-state index contributed by atoms with van der Waals surface area (Å²) in [4.78, 5) is 15.2. The molecule has 0 bridgehead atoms. The summed E-state index contributed by atoms with van der Waals surface area (Å²) in [6.07, 6.45) is 1.82. The molecule has 3 heterocycles. The zero-order chi connectivity index (χ0) is 32.6. The number of hydrogen-bond donors (Lipinski definition) is 0. The summed E-state index contributed by atoms with van der Waals surface area (Å²) in [6.45, 7) is 0. The third kappa shape index (κ3) is 5.86. The summed E-state index contributed by atoms with van der Waals surface area (Å²) in [6, 6.07) is 59.9.